The maximum Gasteiger partial charge on any atom is 0.179 e. The van der Waals surface area contributed by atoms with E-state index in [-0.39, 0.29) is 0 Å². The molecule has 0 unspecified atom stereocenters. The molecule has 23 heavy (non-hydrogen) atoms. The Morgan fingerprint density at radius 1 is 0.870 bits per heavy atom. The normalized spacial score (nSPS) is 11.2. The monoisotopic (exact) mass is 347 g/mol. The van der Waals surface area contributed by atoms with E-state index in [1.165, 1.54) is 24.8 Å². The summed E-state index contributed by atoms with van der Waals surface area (Å²) in [5.41, 5.74) is 2.90. The van der Waals surface area contributed by atoms with Gasteiger partial charge in [0.2, 0.25) is 0 Å². The molecular formula is C18H19Cl2N3. The molecule has 2 heterocycles. The van der Waals surface area contributed by atoms with Crippen molar-refractivity contribution in [3.8, 4) is 0 Å². The van der Waals surface area contributed by atoms with Gasteiger partial charge in [-0.3, -0.25) is 0 Å². The Labute approximate surface area is 146 Å². The first-order chi connectivity index (χ1) is 11.2. The minimum Gasteiger partial charge on any atom is -0.341 e. The molecule has 3 rings (SSSR count). The highest BCUT2D eigenvalue weighted by Crippen LogP contribution is 2.23. The molecule has 0 radical (unpaired) electrons. The molecule has 0 aliphatic heterocycles. The van der Waals surface area contributed by atoms with E-state index >= 15 is 0 Å². The predicted molar refractivity (Wildman–Crippen MR) is 96.2 cm³/mol. The Morgan fingerprint density at radius 2 is 1.61 bits per heavy atom. The van der Waals surface area contributed by atoms with Gasteiger partial charge in [0.15, 0.2) is 5.65 Å². The van der Waals surface area contributed by atoms with Gasteiger partial charge in [-0.05, 0) is 30.9 Å². The summed E-state index contributed by atoms with van der Waals surface area (Å²) >= 11 is 11.9. The van der Waals surface area contributed by atoms with Crippen LogP contribution in [0.15, 0.2) is 36.4 Å². The summed E-state index contributed by atoms with van der Waals surface area (Å²) in [5, 5.41) is 0.758. The number of aromatic nitrogens is 3. The molecule has 120 valence electrons. The second-order valence-electron chi connectivity index (χ2n) is 5.72. The molecule has 0 amide bonds. The largest absolute Gasteiger partial charge is 0.341 e. The third-order valence-electron chi connectivity index (χ3n) is 3.90. The quantitative estimate of drug-likeness (QED) is 0.445. The lowest BCUT2D eigenvalue weighted by Gasteiger charge is -2.01. The zero-order valence-electron chi connectivity index (χ0n) is 12.9. The lowest BCUT2D eigenvalue weighted by atomic mass is 10.1. The molecule has 3 aromatic rings. The molecule has 5 heteroatoms. The zero-order valence-corrected chi connectivity index (χ0v) is 14.4. The van der Waals surface area contributed by atoms with E-state index in [1.54, 1.807) is 6.07 Å². The highest BCUT2D eigenvalue weighted by atomic mass is 35.5. The number of hydrogen-bond acceptors (Lipinski definition) is 2. The Balaban J connectivity index is 1.42. The van der Waals surface area contributed by atoms with Gasteiger partial charge in [-0.1, -0.05) is 66.4 Å². The van der Waals surface area contributed by atoms with E-state index in [0.717, 1.165) is 30.6 Å². The summed E-state index contributed by atoms with van der Waals surface area (Å²) in [7, 11) is 0. The van der Waals surface area contributed by atoms with E-state index in [9.17, 15) is 0 Å². The summed E-state index contributed by atoms with van der Waals surface area (Å²) in [6.07, 6.45) is 6.89. The number of halogens is 2. The van der Waals surface area contributed by atoms with Crippen LogP contribution in [0, 0.1) is 0 Å². The molecule has 1 aromatic carbocycles. The second kappa shape index (κ2) is 7.80. The molecule has 0 atom stereocenters. The van der Waals surface area contributed by atoms with Crippen molar-refractivity contribution in [1.29, 1.82) is 0 Å². The van der Waals surface area contributed by atoms with Gasteiger partial charge in [0, 0.05) is 6.42 Å². The van der Waals surface area contributed by atoms with Crippen LogP contribution in [0.5, 0.6) is 0 Å². The number of fused-ring (bicyclic) bond motifs is 1. The van der Waals surface area contributed by atoms with Crippen molar-refractivity contribution in [1.82, 2.24) is 15.0 Å². The lowest BCUT2D eigenvalue weighted by molar-refractivity contribution is 0.632. The van der Waals surface area contributed by atoms with Gasteiger partial charge in [0.05, 0.1) is 10.5 Å². The SMILES string of the molecule is Clc1cc2[nH]c(CCCCCCc3ccccc3)nc2nc1Cl. The van der Waals surface area contributed by atoms with Crippen LogP contribution in [0.4, 0.5) is 0 Å². The first kappa shape index (κ1) is 16.3. The first-order valence-corrected chi connectivity index (χ1v) is 8.72. The van der Waals surface area contributed by atoms with Crippen molar-refractivity contribution in [3.63, 3.8) is 0 Å². The Morgan fingerprint density at radius 3 is 2.39 bits per heavy atom. The fourth-order valence-corrected chi connectivity index (χ4v) is 2.97. The van der Waals surface area contributed by atoms with Crippen LogP contribution in [0.25, 0.3) is 11.2 Å². The minimum atomic E-state index is 0.304. The summed E-state index contributed by atoms with van der Waals surface area (Å²) in [5.74, 6) is 0.953. The van der Waals surface area contributed by atoms with Gasteiger partial charge in [-0.15, -0.1) is 0 Å². The topological polar surface area (TPSA) is 41.6 Å². The zero-order chi connectivity index (χ0) is 16.1. The fourth-order valence-electron chi connectivity index (χ4n) is 2.68. The molecule has 0 fully saturated rings. The summed E-state index contributed by atoms with van der Waals surface area (Å²) in [6, 6.07) is 12.4. The Hall–Kier alpha value is -1.58. The number of nitrogens with one attached hydrogen (secondary N) is 1. The molecule has 0 bridgehead atoms. The number of hydrogen-bond donors (Lipinski definition) is 1. The Kier molecular flexibility index (Phi) is 5.52. The smallest absolute Gasteiger partial charge is 0.179 e. The van der Waals surface area contributed by atoms with E-state index < -0.39 is 0 Å². The van der Waals surface area contributed by atoms with Gasteiger partial charge >= 0.3 is 0 Å². The predicted octanol–water partition coefficient (Wildman–Crippen LogP) is 5.61. The van der Waals surface area contributed by atoms with Crippen molar-refractivity contribution in [2.75, 3.05) is 0 Å². The molecular weight excluding hydrogens is 329 g/mol. The number of aromatic amines is 1. The number of H-pyrrole nitrogens is 1. The maximum absolute atomic E-state index is 5.97. The van der Waals surface area contributed by atoms with E-state index in [2.05, 4.69) is 45.3 Å². The van der Waals surface area contributed by atoms with Crippen molar-refractivity contribution < 1.29 is 0 Å². The number of nitrogens with zero attached hydrogens (tertiary/aromatic N) is 2. The Bertz CT molecular complexity index is 730. The average molecular weight is 348 g/mol. The van der Waals surface area contributed by atoms with Crippen LogP contribution >= 0.6 is 23.2 Å². The van der Waals surface area contributed by atoms with Gasteiger partial charge in [-0.25, -0.2) is 9.97 Å². The van der Waals surface area contributed by atoms with Crippen LogP contribution < -0.4 is 0 Å². The summed E-state index contributed by atoms with van der Waals surface area (Å²) < 4.78 is 0. The molecule has 1 N–H and O–H groups in total. The standard InChI is InChI=1S/C18H19Cl2N3/c19-14-12-15-18(23-17(14)20)22-16(21-15)11-7-2-1-4-8-13-9-5-3-6-10-13/h3,5-6,9-10,12H,1-2,4,7-8,11H2,(H,21,22,23). The van der Waals surface area contributed by atoms with Gasteiger partial charge in [0.1, 0.15) is 11.0 Å². The fraction of sp³-hybridized carbons (Fsp3) is 0.333. The number of benzene rings is 1. The molecule has 0 aliphatic rings. The lowest BCUT2D eigenvalue weighted by Crippen LogP contribution is -1.90. The van der Waals surface area contributed by atoms with Crippen molar-refractivity contribution >= 4 is 34.4 Å². The minimum absolute atomic E-state index is 0.304. The number of imidazole rings is 1. The summed E-state index contributed by atoms with van der Waals surface area (Å²) in [6.45, 7) is 0. The van der Waals surface area contributed by atoms with Crippen LogP contribution in [0.2, 0.25) is 10.2 Å². The number of unbranched alkanes of at least 4 members (excludes halogenated alkanes) is 3. The second-order valence-corrected chi connectivity index (χ2v) is 6.48. The van der Waals surface area contributed by atoms with Crippen molar-refractivity contribution in [2.45, 2.75) is 38.5 Å². The molecule has 2 aromatic heterocycles. The average Bonchev–Trinajstić information content (AvgIpc) is 2.94. The van der Waals surface area contributed by atoms with Crippen LogP contribution in [0.1, 0.15) is 37.1 Å². The first-order valence-electron chi connectivity index (χ1n) is 7.97. The van der Waals surface area contributed by atoms with Crippen molar-refractivity contribution in [3.05, 3.63) is 58.0 Å². The third kappa shape index (κ3) is 4.46. The van der Waals surface area contributed by atoms with Gasteiger partial charge in [-0.2, -0.15) is 0 Å². The highest BCUT2D eigenvalue weighted by molar-refractivity contribution is 6.41. The number of pyridine rings is 1. The van der Waals surface area contributed by atoms with E-state index in [1.807, 2.05) is 0 Å². The third-order valence-corrected chi connectivity index (χ3v) is 4.58. The van der Waals surface area contributed by atoms with Crippen molar-refractivity contribution in [2.24, 2.45) is 0 Å². The molecule has 0 spiro atoms. The van der Waals surface area contributed by atoms with E-state index in [0.29, 0.717) is 15.8 Å². The molecule has 3 nitrogen and oxygen atoms in total. The van der Waals surface area contributed by atoms with E-state index in [4.69, 9.17) is 23.2 Å². The number of aryl methyl sites for hydroxylation is 2. The van der Waals surface area contributed by atoms with Crippen LogP contribution in [-0.2, 0) is 12.8 Å². The maximum atomic E-state index is 5.97. The van der Waals surface area contributed by atoms with Gasteiger partial charge in [0.25, 0.3) is 0 Å². The molecule has 0 saturated heterocycles. The molecule has 0 saturated carbocycles. The molecule has 0 aliphatic carbocycles. The van der Waals surface area contributed by atoms with Gasteiger partial charge < -0.3 is 4.98 Å². The highest BCUT2D eigenvalue weighted by Gasteiger charge is 2.07. The van der Waals surface area contributed by atoms with Crippen LogP contribution in [0.3, 0.4) is 0 Å². The van der Waals surface area contributed by atoms with Crippen LogP contribution in [-0.4, -0.2) is 15.0 Å². The summed E-state index contributed by atoms with van der Waals surface area (Å²) in [4.78, 5) is 11.9. The number of rotatable bonds is 7.